The number of carbonyl (C=O) groups is 1. The number of benzene rings is 1. The molecule has 0 radical (unpaired) electrons. The summed E-state index contributed by atoms with van der Waals surface area (Å²) in [5.41, 5.74) is 1.54. The SMILES string of the molecule is COC(=O)C12CCC(c3cccc(Br)c3)(CC1)CC2. The zero-order valence-corrected chi connectivity index (χ0v) is 12.8. The fourth-order valence-electron chi connectivity index (χ4n) is 3.96. The van der Waals surface area contributed by atoms with Crippen molar-refractivity contribution in [3.63, 3.8) is 0 Å². The highest BCUT2D eigenvalue weighted by Crippen LogP contribution is 2.58. The molecule has 2 bridgehead atoms. The van der Waals surface area contributed by atoms with E-state index in [0.717, 1.165) is 43.0 Å². The van der Waals surface area contributed by atoms with Crippen LogP contribution >= 0.6 is 15.9 Å². The minimum absolute atomic E-state index is 0.00930. The summed E-state index contributed by atoms with van der Waals surface area (Å²) in [6.45, 7) is 0. The number of ether oxygens (including phenoxy) is 1. The van der Waals surface area contributed by atoms with Gasteiger partial charge in [0.05, 0.1) is 12.5 Å². The van der Waals surface area contributed by atoms with Crippen LogP contribution in [-0.4, -0.2) is 13.1 Å². The quantitative estimate of drug-likeness (QED) is 0.762. The summed E-state index contributed by atoms with van der Waals surface area (Å²) >= 11 is 3.57. The fraction of sp³-hybridized carbons (Fsp3) is 0.562. The van der Waals surface area contributed by atoms with Crippen LogP contribution in [-0.2, 0) is 14.9 Å². The molecule has 3 aliphatic rings. The van der Waals surface area contributed by atoms with Gasteiger partial charge in [0.25, 0.3) is 0 Å². The summed E-state index contributed by atoms with van der Waals surface area (Å²) in [5, 5.41) is 0. The molecule has 3 aliphatic carbocycles. The largest absolute Gasteiger partial charge is 0.469 e. The number of esters is 1. The van der Waals surface area contributed by atoms with Crippen LogP contribution in [0.15, 0.2) is 28.7 Å². The number of methoxy groups -OCH3 is 1. The number of halogens is 1. The maximum absolute atomic E-state index is 12.0. The highest BCUT2D eigenvalue weighted by molar-refractivity contribution is 9.10. The van der Waals surface area contributed by atoms with Gasteiger partial charge in [-0.3, -0.25) is 4.79 Å². The predicted octanol–water partition coefficient (Wildman–Crippen LogP) is 4.21. The van der Waals surface area contributed by atoms with Crippen molar-refractivity contribution in [1.29, 1.82) is 0 Å². The van der Waals surface area contributed by atoms with Crippen molar-refractivity contribution in [2.75, 3.05) is 7.11 Å². The van der Waals surface area contributed by atoms with Crippen molar-refractivity contribution in [2.24, 2.45) is 5.41 Å². The van der Waals surface area contributed by atoms with Crippen LogP contribution in [0, 0.1) is 5.41 Å². The molecule has 4 rings (SSSR count). The summed E-state index contributed by atoms with van der Waals surface area (Å²) < 4.78 is 6.17. The Kier molecular flexibility index (Phi) is 3.20. The first-order valence-electron chi connectivity index (χ1n) is 6.95. The molecule has 2 nitrogen and oxygen atoms in total. The summed E-state index contributed by atoms with van der Waals surface area (Å²) in [6, 6.07) is 8.67. The van der Waals surface area contributed by atoms with E-state index in [2.05, 4.69) is 40.2 Å². The average molecular weight is 323 g/mol. The Morgan fingerprint density at radius 2 is 1.79 bits per heavy atom. The Hall–Kier alpha value is -0.830. The van der Waals surface area contributed by atoms with Crippen LogP contribution in [0.25, 0.3) is 0 Å². The third kappa shape index (κ3) is 2.03. The first-order valence-corrected chi connectivity index (χ1v) is 7.74. The molecule has 1 aromatic carbocycles. The molecule has 0 unspecified atom stereocenters. The molecule has 1 aromatic rings. The Balaban J connectivity index is 1.87. The molecule has 3 heteroatoms. The Labute approximate surface area is 122 Å². The monoisotopic (exact) mass is 322 g/mol. The normalized spacial score (nSPS) is 33.2. The van der Waals surface area contributed by atoms with Gasteiger partial charge < -0.3 is 4.74 Å². The fourth-order valence-corrected chi connectivity index (χ4v) is 4.36. The summed E-state index contributed by atoms with van der Waals surface area (Å²) in [5.74, 6) is 0.00930. The number of hydrogen-bond donors (Lipinski definition) is 0. The highest BCUT2D eigenvalue weighted by Gasteiger charge is 2.53. The molecule has 0 amide bonds. The molecular weight excluding hydrogens is 304 g/mol. The van der Waals surface area contributed by atoms with Gasteiger partial charge in [0.1, 0.15) is 0 Å². The van der Waals surface area contributed by atoms with Crippen LogP contribution in [0.4, 0.5) is 0 Å². The van der Waals surface area contributed by atoms with Crippen LogP contribution in [0.3, 0.4) is 0 Å². The smallest absolute Gasteiger partial charge is 0.311 e. The summed E-state index contributed by atoms with van der Waals surface area (Å²) in [4.78, 5) is 12.0. The van der Waals surface area contributed by atoms with Gasteiger partial charge in [-0.2, -0.15) is 0 Å². The van der Waals surface area contributed by atoms with E-state index in [4.69, 9.17) is 4.74 Å². The van der Waals surface area contributed by atoms with E-state index in [1.54, 1.807) is 0 Å². The second-order valence-electron chi connectivity index (χ2n) is 6.06. The molecule has 3 fully saturated rings. The molecule has 0 spiro atoms. The molecule has 0 atom stereocenters. The standard InChI is InChI=1S/C16H19BrO2/c1-19-14(18)16-8-5-15(6-9-16,7-10-16)12-3-2-4-13(17)11-12/h2-4,11H,5-10H2,1H3. The maximum atomic E-state index is 12.0. The Morgan fingerprint density at radius 1 is 1.16 bits per heavy atom. The van der Waals surface area contributed by atoms with Crippen LogP contribution in [0.1, 0.15) is 44.1 Å². The third-order valence-corrected chi connectivity index (χ3v) is 5.79. The molecule has 0 heterocycles. The number of rotatable bonds is 2. The molecule has 0 aromatic heterocycles. The lowest BCUT2D eigenvalue weighted by molar-refractivity contribution is -0.160. The summed E-state index contributed by atoms with van der Waals surface area (Å²) in [6.07, 6.45) is 6.26. The first-order chi connectivity index (χ1) is 9.10. The second-order valence-corrected chi connectivity index (χ2v) is 6.98. The number of hydrogen-bond acceptors (Lipinski definition) is 2. The lowest BCUT2D eigenvalue weighted by Crippen LogP contribution is -2.48. The van der Waals surface area contributed by atoms with E-state index in [-0.39, 0.29) is 11.4 Å². The minimum Gasteiger partial charge on any atom is -0.469 e. The number of fused-ring (bicyclic) bond motifs is 3. The third-order valence-electron chi connectivity index (χ3n) is 5.30. The topological polar surface area (TPSA) is 26.3 Å². The van der Waals surface area contributed by atoms with Crippen LogP contribution in [0.5, 0.6) is 0 Å². The molecular formula is C16H19BrO2. The van der Waals surface area contributed by atoms with Gasteiger partial charge in [-0.1, -0.05) is 28.1 Å². The van der Waals surface area contributed by atoms with Crippen LogP contribution < -0.4 is 0 Å². The molecule has 19 heavy (non-hydrogen) atoms. The van der Waals surface area contributed by atoms with Gasteiger partial charge in [0.15, 0.2) is 0 Å². The van der Waals surface area contributed by atoms with Crippen molar-refractivity contribution in [3.8, 4) is 0 Å². The van der Waals surface area contributed by atoms with E-state index in [1.807, 2.05) is 0 Å². The van der Waals surface area contributed by atoms with Gasteiger partial charge in [-0.25, -0.2) is 0 Å². The zero-order chi connectivity index (χ0) is 13.5. The van der Waals surface area contributed by atoms with Gasteiger partial charge in [-0.05, 0) is 61.6 Å². The molecule has 102 valence electrons. The number of carbonyl (C=O) groups excluding carboxylic acids is 1. The summed E-state index contributed by atoms with van der Waals surface area (Å²) in [7, 11) is 1.52. The van der Waals surface area contributed by atoms with E-state index < -0.39 is 0 Å². The lowest BCUT2D eigenvalue weighted by atomic mass is 9.52. The molecule has 0 N–H and O–H groups in total. The Bertz CT molecular complexity index is 485. The van der Waals surface area contributed by atoms with Crippen molar-refractivity contribution < 1.29 is 9.53 Å². The predicted molar refractivity (Wildman–Crippen MR) is 78.0 cm³/mol. The van der Waals surface area contributed by atoms with E-state index in [1.165, 1.54) is 12.7 Å². The molecule has 0 aliphatic heterocycles. The van der Waals surface area contributed by atoms with E-state index in [0.29, 0.717) is 5.41 Å². The van der Waals surface area contributed by atoms with Gasteiger partial charge in [-0.15, -0.1) is 0 Å². The van der Waals surface area contributed by atoms with E-state index in [9.17, 15) is 4.79 Å². The van der Waals surface area contributed by atoms with Crippen molar-refractivity contribution in [3.05, 3.63) is 34.3 Å². The van der Waals surface area contributed by atoms with Crippen molar-refractivity contribution >= 4 is 21.9 Å². The van der Waals surface area contributed by atoms with Gasteiger partial charge in [0, 0.05) is 4.47 Å². The van der Waals surface area contributed by atoms with Crippen molar-refractivity contribution in [2.45, 2.75) is 43.9 Å². The molecule has 3 saturated carbocycles. The molecule has 0 saturated heterocycles. The van der Waals surface area contributed by atoms with Gasteiger partial charge in [0.2, 0.25) is 0 Å². The zero-order valence-electron chi connectivity index (χ0n) is 11.2. The van der Waals surface area contributed by atoms with Gasteiger partial charge >= 0.3 is 5.97 Å². The second kappa shape index (κ2) is 4.62. The van der Waals surface area contributed by atoms with E-state index >= 15 is 0 Å². The van der Waals surface area contributed by atoms with Crippen LogP contribution in [0.2, 0.25) is 0 Å². The highest BCUT2D eigenvalue weighted by atomic mass is 79.9. The lowest BCUT2D eigenvalue weighted by Gasteiger charge is -2.52. The first kappa shape index (κ1) is 13.2. The minimum atomic E-state index is -0.178. The average Bonchev–Trinajstić information content (AvgIpc) is 2.48. The van der Waals surface area contributed by atoms with Crippen molar-refractivity contribution in [1.82, 2.24) is 0 Å². The Morgan fingerprint density at radius 3 is 2.32 bits per heavy atom. The maximum Gasteiger partial charge on any atom is 0.311 e.